The summed E-state index contributed by atoms with van der Waals surface area (Å²) in [5, 5.41) is 2.97. The van der Waals surface area contributed by atoms with Crippen molar-refractivity contribution in [1.82, 2.24) is 0 Å². The summed E-state index contributed by atoms with van der Waals surface area (Å²) in [6.45, 7) is 6.29. The van der Waals surface area contributed by atoms with Crippen molar-refractivity contribution < 1.29 is 4.79 Å². The van der Waals surface area contributed by atoms with E-state index in [1.54, 1.807) is 0 Å². The van der Waals surface area contributed by atoms with Crippen molar-refractivity contribution in [2.24, 2.45) is 5.92 Å². The predicted octanol–water partition coefficient (Wildman–Crippen LogP) is 3.66. The average Bonchev–Trinajstić information content (AvgIpc) is 2.48. The Hall–Kier alpha value is -1.51. The highest BCUT2D eigenvalue weighted by atomic mass is 16.1. The molecular weight excluding hydrogens is 236 g/mol. The Bertz CT molecular complexity index is 407. The van der Waals surface area contributed by atoms with E-state index < -0.39 is 0 Å². The molecule has 0 radical (unpaired) electrons. The number of rotatable bonds is 4. The van der Waals surface area contributed by atoms with Gasteiger partial charge in [0.15, 0.2) is 0 Å². The minimum atomic E-state index is 0.0711. The molecule has 0 saturated carbocycles. The van der Waals surface area contributed by atoms with Gasteiger partial charge in [0.05, 0.1) is 0 Å². The summed E-state index contributed by atoms with van der Waals surface area (Å²) in [5.74, 6) is 0.176. The van der Waals surface area contributed by atoms with E-state index in [9.17, 15) is 4.79 Å². The van der Waals surface area contributed by atoms with E-state index in [1.165, 1.54) is 24.9 Å². The van der Waals surface area contributed by atoms with Gasteiger partial charge in [-0.3, -0.25) is 4.79 Å². The zero-order valence-electron chi connectivity index (χ0n) is 12.0. The molecule has 1 aliphatic heterocycles. The summed E-state index contributed by atoms with van der Waals surface area (Å²) in [4.78, 5) is 14.2. The topological polar surface area (TPSA) is 32.3 Å². The van der Waals surface area contributed by atoms with Gasteiger partial charge < -0.3 is 10.2 Å². The number of carbonyl (C=O) groups excluding carboxylic acids is 1. The van der Waals surface area contributed by atoms with Gasteiger partial charge in [-0.2, -0.15) is 0 Å². The second kappa shape index (κ2) is 6.60. The Morgan fingerprint density at radius 2 is 1.84 bits per heavy atom. The van der Waals surface area contributed by atoms with Crippen molar-refractivity contribution in [1.29, 1.82) is 0 Å². The third kappa shape index (κ3) is 3.72. The number of carbonyl (C=O) groups is 1. The van der Waals surface area contributed by atoms with Crippen LogP contribution in [0.15, 0.2) is 24.3 Å². The van der Waals surface area contributed by atoms with Crippen molar-refractivity contribution in [3.05, 3.63) is 24.3 Å². The lowest BCUT2D eigenvalue weighted by Crippen LogP contribution is -2.29. The van der Waals surface area contributed by atoms with Crippen LogP contribution in [0.2, 0.25) is 0 Å². The summed E-state index contributed by atoms with van der Waals surface area (Å²) in [6, 6.07) is 8.23. The first-order valence-electron chi connectivity index (χ1n) is 7.36. The number of amides is 1. The molecular formula is C16H24N2O. The Balaban J connectivity index is 1.96. The fourth-order valence-corrected chi connectivity index (χ4v) is 2.36. The first-order chi connectivity index (χ1) is 9.20. The zero-order valence-corrected chi connectivity index (χ0v) is 12.0. The largest absolute Gasteiger partial charge is 0.372 e. The fourth-order valence-electron chi connectivity index (χ4n) is 2.36. The molecule has 19 heavy (non-hydrogen) atoms. The van der Waals surface area contributed by atoms with Crippen molar-refractivity contribution in [3.8, 4) is 0 Å². The van der Waals surface area contributed by atoms with Crippen LogP contribution < -0.4 is 10.2 Å². The molecule has 1 saturated heterocycles. The molecule has 3 heteroatoms. The standard InChI is InChI=1S/C16H24N2O/c1-3-13(2)16(19)17-14-7-9-15(10-8-14)18-11-5-4-6-12-18/h7-10,13H,3-6,11-12H2,1-2H3,(H,17,19). The van der Waals surface area contributed by atoms with Crippen molar-refractivity contribution in [3.63, 3.8) is 0 Å². The Labute approximate surface area is 116 Å². The monoisotopic (exact) mass is 260 g/mol. The quantitative estimate of drug-likeness (QED) is 0.896. The van der Waals surface area contributed by atoms with Gasteiger partial charge in [-0.1, -0.05) is 13.8 Å². The fraction of sp³-hybridized carbons (Fsp3) is 0.562. The van der Waals surface area contributed by atoms with Crippen molar-refractivity contribution >= 4 is 17.3 Å². The molecule has 1 atom stereocenters. The lowest BCUT2D eigenvalue weighted by Gasteiger charge is -2.28. The second-order valence-corrected chi connectivity index (χ2v) is 5.39. The summed E-state index contributed by atoms with van der Waals surface area (Å²) in [6.07, 6.45) is 4.79. The summed E-state index contributed by atoms with van der Waals surface area (Å²) < 4.78 is 0. The van der Waals surface area contributed by atoms with Gasteiger partial charge >= 0.3 is 0 Å². The normalized spacial score (nSPS) is 17.1. The summed E-state index contributed by atoms with van der Waals surface area (Å²) in [7, 11) is 0. The van der Waals surface area contributed by atoms with Crippen LogP contribution in [0, 0.1) is 5.92 Å². The van der Waals surface area contributed by atoms with Gasteiger partial charge in [-0.05, 0) is 49.9 Å². The number of hydrogen-bond donors (Lipinski definition) is 1. The Morgan fingerprint density at radius 3 is 2.42 bits per heavy atom. The highest BCUT2D eigenvalue weighted by Crippen LogP contribution is 2.22. The smallest absolute Gasteiger partial charge is 0.227 e. The molecule has 1 aliphatic rings. The molecule has 1 unspecified atom stereocenters. The minimum Gasteiger partial charge on any atom is -0.372 e. The molecule has 0 bridgehead atoms. The summed E-state index contributed by atoms with van der Waals surface area (Å²) >= 11 is 0. The number of hydrogen-bond acceptors (Lipinski definition) is 2. The van der Waals surface area contributed by atoms with Crippen LogP contribution in [0.5, 0.6) is 0 Å². The maximum atomic E-state index is 11.8. The van der Waals surface area contributed by atoms with Crippen LogP contribution in [0.1, 0.15) is 39.5 Å². The highest BCUT2D eigenvalue weighted by Gasteiger charge is 2.12. The number of nitrogens with zero attached hydrogens (tertiary/aromatic N) is 1. The van der Waals surface area contributed by atoms with Gasteiger partial charge in [0.25, 0.3) is 0 Å². The van der Waals surface area contributed by atoms with Crippen LogP contribution in [-0.4, -0.2) is 19.0 Å². The van der Waals surface area contributed by atoms with E-state index in [0.29, 0.717) is 0 Å². The molecule has 1 fully saturated rings. The maximum Gasteiger partial charge on any atom is 0.227 e. The molecule has 1 heterocycles. The zero-order chi connectivity index (χ0) is 13.7. The molecule has 1 amide bonds. The van der Waals surface area contributed by atoms with E-state index in [4.69, 9.17) is 0 Å². The third-order valence-corrected chi connectivity index (χ3v) is 3.92. The van der Waals surface area contributed by atoms with Crippen LogP contribution in [-0.2, 0) is 4.79 Å². The second-order valence-electron chi connectivity index (χ2n) is 5.39. The average molecular weight is 260 g/mol. The predicted molar refractivity (Wildman–Crippen MR) is 80.6 cm³/mol. The van der Waals surface area contributed by atoms with Crippen LogP contribution in [0.3, 0.4) is 0 Å². The van der Waals surface area contributed by atoms with E-state index in [0.717, 1.165) is 25.2 Å². The number of piperidine rings is 1. The van der Waals surface area contributed by atoms with E-state index in [2.05, 4.69) is 22.3 Å². The van der Waals surface area contributed by atoms with Crippen molar-refractivity contribution in [2.45, 2.75) is 39.5 Å². The SMILES string of the molecule is CCC(C)C(=O)Nc1ccc(N2CCCCC2)cc1. The molecule has 0 aromatic heterocycles. The molecule has 1 N–H and O–H groups in total. The Morgan fingerprint density at radius 1 is 1.21 bits per heavy atom. The number of anilines is 2. The molecule has 2 rings (SSSR count). The number of benzene rings is 1. The van der Waals surface area contributed by atoms with Crippen LogP contribution in [0.4, 0.5) is 11.4 Å². The molecule has 0 spiro atoms. The van der Waals surface area contributed by atoms with E-state index in [1.807, 2.05) is 26.0 Å². The van der Waals surface area contributed by atoms with Crippen molar-refractivity contribution in [2.75, 3.05) is 23.3 Å². The van der Waals surface area contributed by atoms with E-state index >= 15 is 0 Å². The van der Waals surface area contributed by atoms with Gasteiger partial charge in [0.2, 0.25) is 5.91 Å². The molecule has 1 aromatic carbocycles. The lowest BCUT2D eigenvalue weighted by atomic mass is 10.1. The molecule has 3 nitrogen and oxygen atoms in total. The van der Waals surface area contributed by atoms with Gasteiger partial charge in [0, 0.05) is 30.4 Å². The molecule has 104 valence electrons. The van der Waals surface area contributed by atoms with E-state index in [-0.39, 0.29) is 11.8 Å². The molecule has 1 aromatic rings. The van der Waals surface area contributed by atoms with Crippen LogP contribution in [0.25, 0.3) is 0 Å². The van der Waals surface area contributed by atoms with Gasteiger partial charge in [-0.15, -0.1) is 0 Å². The lowest BCUT2D eigenvalue weighted by molar-refractivity contribution is -0.119. The molecule has 0 aliphatic carbocycles. The summed E-state index contributed by atoms with van der Waals surface area (Å²) in [5.41, 5.74) is 2.16. The first kappa shape index (κ1) is 13.9. The maximum absolute atomic E-state index is 11.8. The highest BCUT2D eigenvalue weighted by molar-refractivity contribution is 5.92. The van der Waals surface area contributed by atoms with Gasteiger partial charge in [-0.25, -0.2) is 0 Å². The number of nitrogens with one attached hydrogen (secondary N) is 1. The first-order valence-corrected chi connectivity index (χ1v) is 7.36. The van der Waals surface area contributed by atoms with Gasteiger partial charge in [0.1, 0.15) is 0 Å². The minimum absolute atomic E-state index is 0.0711. The third-order valence-electron chi connectivity index (χ3n) is 3.92. The Kier molecular flexibility index (Phi) is 4.83. The van der Waals surface area contributed by atoms with Crippen LogP contribution >= 0.6 is 0 Å².